The third-order valence-electron chi connectivity index (χ3n) is 9.69. The number of rotatable bonds is 6. The van der Waals surface area contributed by atoms with Gasteiger partial charge in [-0.15, -0.1) is 11.6 Å². The van der Waals surface area contributed by atoms with Crippen LogP contribution in [0.3, 0.4) is 0 Å². The van der Waals surface area contributed by atoms with Crippen LogP contribution < -0.4 is 0 Å². The summed E-state index contributed by atoms with van der Waals surface area (Å²) in [5.74, 6) is -1.88. The normalized spacial score (nSPS) is 43.1. The van der Waals surface area contributed by atoms with Crippen LogP contribution in [0.15, 0.2) is 23.8 Å². The molecule has 0 aliphatic heterocycles. The summed E-state index contributed by atoms with van der Waals surface area (Å²) < 4.78 is 11.1. The Morgan fingerprint density at radius 1 is 1.22 bits per heavy atom. The van der Waals surface area contributed by atoms with Gasteiger partial charge in [0.25, 0.3) is 0 Å². The van der Waals surface area contributed by atoms with E-state index in [0.717, 1.165) is 5.57 Å². The fraction of sp³-hybridized carbons (Fsp3) is 0.714. The van der Waals surface area contributed by atoms with Crippen LogP contribution in [-0.4, -0.2) is 51.8 Å². The summed E-state index contributed by atoms with van der Waals surface area (Å²) in [7, 11) is 0. The largest absolute Gasteiger partial charge is 0.458 e. The van der Waals surface area contributed by atoms with Gasteiger partial charge in [0.2, 0.25) is 5.78 Å². The lowest BCUT2D eigenvalue weighted by Gasteiger charge is -2.65. The molecule has 8 heteroatoms. The van der Waals surface area contributed by atoms with Crippen LogP contribution in [-0.2, 0) is 28.7 Å². The molecule has 4 rings (SSSR count). The van der Waals surface area contributed by atoms with Crippen molar-refractivity contribution in [1.29, 1.82) is 0 Å². The Morgan fingerprint density at radius 3 is 2.56 bits per heavy atom. The van der Waals surface area contributed by atoms with Gasteiger partial charge in [-0.2, -0.15) is 0 Å². The third kappa shape index (κ3) is 3.64. The number of hydrogen-bond acceptors (Lipinski definition) is 7. The molecule has 3 fully saturated rings. The molecule has 1 N–H and O–H groups in total. The number of allylic oxidation sites excluding steroid dienone is 4. The number of aliphatic hydroxyl groups excluding tert-OH is 1. The van der Waals surface area contributed by atoms with Crippen LogP contribution in [0.25, 0.3) is 0 Å². The Hall–Kier alpha value is -1.99. The van der Waals surface area contributed by atoms with Crippen molar-refractivity contribution in [1.82, 2.24) is 0 Å². The Balaban J connectivity index is 1.80. The van der Waals surface area contributed by atoms with E-state index in [2.05, 4.69) is 6.92 Å². The summed E-state index contributed by atoms with van der Waals surface area (Å²) in [5, 5.41) is 11.8. The van der Waals surface area contributed by atoms with Crippen LogP contribution in [0.2, 0.25) is 0 Å². The molecule has 0 aromatic rings. The fourth-order valence-electron chi connectivity index (χ4n) is 8.00. The number of hydrogen-bond donors (Lipinski definition) is 1. The monoisotopic (exact) mass is 520 g/mol. The average molecular weight is 521 g/mol. The van der Waals surface area contributed by atoms with Crippen molar-refractivity contribution in [3.05, 3.63) is 23.8 Å². The maximum atomic E-state index is 13.7. The summed E-state index contributed by atoms with van der Waals surface area (Å²) in [4.78, 5) is 49.1. The molecule has 0 bridgehead atoms. The van der Waals surface area contributed by atoms with E-state index in [1.165, 1.54) is 13.0 Å². The van der Waals surface area contributed by atoms with Crippen molar-refractivity contribution in [3.8, 4) is 0 Å². The number of Topliss-reactive ketones (excluding diaryl/α,β-unsaturated/α-hetero) is 1. The molecular formula is C28H37ClO7. The molecule has 0 aromatic carbocycles. The average Bonchev–Trinajstić information content (AvgIpc) is 3.08. The Labute approximate surface area is 217 Å². The van der Waals surface area contributed by atoms with E-state index in [1.54, 1.807) is 6.08 Å². The number of halogens is 1. The minimum Gasteiger partial charge on any atom is -0.458 e. The summed E-state index contributed by atoms with van der Waals surface area (Å²) >= 11 is 7.50. The van der Waals surface area contributed by atoms with Gasteiger partial charge >= 0.3 is 11.9 Å². The molecule has 36 heavy (non-hydrogen) atoms. The molecule has 3 saturated carbocycles. The minimum atomic E-state index is -1.52. The Kier molecular flexibility index (Phi) is 6.83. The molecule has 0 saturated heterocycles. The smallest absolute Gasteiger partial charge is 0.306 e. The standard InChI is InChI=1S/C28H37ClO7/c1-6-7-24(34)36-27(23(33)15-35-17(3)30)11-9-19-21-12-16(2)20-13-18(31)8-10-25(20,4)28(21,29)22(32)14-26(19,27)5/h8,10,13,16,19,21-22,32H,6-7,9,11-12,14-15H2,1-5H3/t16?,19-,21-,22-,25-,26-,27-,28-/m0/s1. The van der Waals surface area contributed by atoms with Crippen molar-refractivity contribution < 1.29 is 33.8 Å². The first-order chi connectivity index (χ1) is 16.8. The van der Waals surface area contributed by atoms with Gasteiger partial charge in [-0.25, -0.2) is 0 Å². The molecule has 0 radical (unpaired) electrons. The number of carbonyl (C=O) groups is 4. The number of carbonyl (C=O) groups excluding carboxylic acids is 4. The highest BCUT2D eigenvalue weighted by Crippen LogP contribution is 2.71. The van der Waals surface area contributed by atoms with Gasteiger partial charge in [0.05, 0.1) is 11.0 Å². The molecule has 4 aliphatic rings. The highest BCUT2D eigenvalue weighted by atomic mass is 35.5. The third-order valence-corrected chi connectivity index (χ3v) is 10.6. The van der Waals surface area contributed by atoms with Crippen molar-refractivity contribution in [2.24, 2.45) is 28.6 Å². The second kappa shape index (κ2) is 9.09. The van der Waals surface area contributed by atoms with Crippen LogP contribution >= 0.6 is 11.6 Å². The number of ketones is 2. The molecule has 7 nitrogen and oxygen atoms in total. The SMILES string of the molecule is CCCC(=O)O[C@]1(C(=O)COC(C)=O)CC[C@H]2[C@@H]3CC(C)C4=CC(=O)C=C[C@]4(C)[C@@]3(Cl)[C@@H](O)C[C@@]21C. The number of esters is 2. The van der Waals surface area contributed by atoms with E-state index in [0.29, 0.717) is 19.3 Å². The molecule has 0 spiro atoms. The molecule has 1 unspecified atom stereocenters. The van der Waals surface area contributed by atoms with E-state index in [9.17, 15) is 24.3 Å². The van der Waals surface area contributed by atoms with E-state index in [1.807, 2.05) is 26.8 Å². The molecule has 0 amide bonds. The summed E-state index contributed by atoms with van der Waals surface area (Å²) in [6, 6.07) is 0. The molecule has 0 aromatic heterocycles. The van der Waals surface area contributed by atoms with Gasteiger partial charge in [0.15, 0.2) is 18.0 Å². The first-order valence-electron chi connectivity index (χ1n) is 13.0. The lowest BCUT2D eigenvalue weighted by atomic mass is 9.44. The van der Waals surface area contributed by atoms with Gasteiger partial charge in [-0.1, -0.05) is 39.3 Å². The number of ether oxygens (including phenoxy) is 2. The van der Waals surface area contributed by atoms with Crippen LogP contribution in [0.1, 0.15) is 73.1 Å². The molecule has 198 valence electrons. The zero-order valence-corrected chi connectivity index (χ0v) is 22.5. The van der Waals surface area contributed by atoms with E-state index >= 15 is 0 Å². The zero-order valence-electron chi connectivity index (χ0n) is 21.8. The van der Waals surface area contributed by atoms with Crippen LogP contribution in [0, 0.1) is 28.6 Å². The molecule has 4 aliphatic carbocycles. The maximum absolute atomic E-state index is 13.7. The van der Waals surface area contributed by atoms with Crippen molar-refractivity contribution in [2.45, 2.75) is 89.7 Å². The lowest BCUT2D eigenvalue weighted by molar-refractivity contribution is -0.199. The fourth-order valence-corrected chi connectivity index (χ4v) is 8.49. The number of fused-ring (bicyclic) bond motifs is 5. The van der Waals surface area contributed by atoms with Gasteiger partial charge in [0.1, 0.15) is 0 Å². The maximum Gasteiger partial charge on any atom is 0.306 e. The topological polar surface area (TPSA) is 107 Å². The second-order valence-electron chi connectivity index (χ2n) is 11.6. The first-order valence-corrected chi connectivity index (χ1v) is 13.4. The first kappa shape index (κ1) is 27.1. The van der Waals surface area contributed by atoms with Gasteiger partial charge in [0, 0.05) is 24.2 Å². The van der Waals surface area contributed by atoms with Crippen molar-refractivity contribution >= 4 is 35.1 Å². The van der Waals surface area contributed by atoms with Gasteiger partial charge in [-0.3, -0.25) is 19.2 Å². The number of alkyl halides is 1. The summed E-state index contributed by atoms with van der Waals surface area (Å²) in [6.45, 7) is 8.56. The Bertz CT molecular complexity index is 1050. The van der Waals surface area contributed by atoms with Gasteiger partial charge < -0.3 is 14.6 Å². The highest BCUT2D eigenvalue weighted by molar-refractivity contribution is 6.26. The van der Waals surface area contributed by atoms with Crippen LogP contribution in [0.5, 0.6) is 0 Å². The van der Waals surface area contributed by atoms with E-state index < -0.39 is 51.7 Å². The summed E-state index contributed by atoms with van der Waals surface area (Å²) in [5.41, 5.74) is -2.23. The number of aliphatic hydroxyl groups is 1. The quantitative estimate of drug-likeness (QED) is 0.415. The van der Waals surface area contributed by atoms with Crippen molar-refractivity contribution in [3.63, 3.8) is 0 Å². The predicted molar refractivity (Wildman–Crippen MR) is 133 cm³/mol. The van der Waals surface area contributed by atoms with E-state index in [4.69, 9.17) is 21.1 Å². The zero-order chi connectivity index (χ0) is 26.7. The van der Waals surface area contributed by atoms with Crippen molar-refractivity contribution in [2.75, 3.05) is 6.61 Å². The molecule has 0 heterocycles. The molecular weight excluding hydrogens is 484 g/mol. The van der Waals surface area contributed by atoms with Crippen LogP contribution in [0.4, 0.5) is 0 Å². The second-order valence-corrected chi connectivity index (χ2v) is 12.2. The molecule has 8 atom stereocenters. The lowest BCUT2D eigenvalue weighted by Crippen LogP contribution is -2.70. The minimum absolute atomic E-state index is 0.0460. The Morgan fingerprint density at radius 2 is 1.92 bits per heavy atom. The summed E-state index contributed by atoms with van der Waals surface area (Å²) in [6.07, 6.45) is 6.35. The highest BCUT2D eigenvalue weighted by Gasteiger charge is 2.75. The van der Waals surface area contributed by atoms with Gasteiger partial charge in [-0.05, 0) is 62.0 Å². The van der Waals surface area contributed by atoms with E-state index in [-0.39, 0.29) is 42.8 Å². The predicted octanol–water partition coefficient (Wildman–Crippen LogP) is 4.09.